The lowest BCUT2D eigenvalue weighted by Gasteiger charge is -2.16. The third kappa shape index (κ3) is 4.52. The molecule has 10 heteroatoms. The van der Waals surface area contributed by atoms with Gasteiger partial charge in [0.15, 0.2) is 5.16 Å². The predicted molar refractivity (Wildman–Crippen MR) is 140 cm³/mol. The van der Waals surface area contributed by atoms with E-state index in [1.54, 1.807) is 29.8 Å². The lowest BCUT2D eigenvalue weighted by atomic mass is 10.2. The number of benzene rings is 1. The Bertz CT molecular complexity index is 1440. The van der Waals surface area contributed by atoms with Gasteiger partial charge in [0.1, 0.15) is 9.71 Å². The second-order valence-electron chi connectivity index (χ2n) is 8.09. The smallest absolute Gasteiger partial charge is 0.348 e. The number of esters is 1. The monoisotopic (exact) mass is 534 g/mol. The highest BCUT2D eigenvalue weighted by Crippen LogP contribution is 2.34. The average molecular weight is 535 g/mol. The Hall–Kier alpha value is -1.91. The van der Waals surface area contributed by atoms with Crippen LogP contribution in [0.4, 0.5) is 0 Å². The number of hydrogen-bond acceptors (Lipinski definition) is 8. The van der Waals surface area contributed by atoms with Gasteiger partial charge in [-0.1, -0.05) is 23.4 Å². The number of carbonyl (C=O) groups excluding carboxylic acids is 1. The molecule has 34 heavy (non-hydrogen) atoms. The molecule has 0 N–H and O–H groups in total. The maximum absolute atomic E-state index is 13.7. The van der Waals surface area contributed by atoms with Crippen molar-refractivity contribution in [2.75, 3.05) is 13.2 Å². The van der Waals surface area contributed by atoms with E-state index in [1.165, 1.54) is 27.8 Å². The Morgan fingerprint density at radius 1 is 1.41 bits per heavy atom. The van der Waals surface area contributed by atoms with Crippen LogP contribution in [0, 0.1) is 6.92 Å². The third-order valence-electron chi connectivity index (χ3n) is 5.86. The summed E-state index contributed by atoms with van der Waals surface area (Å²) in [5, 5.41) is 5.07. The molecule has 1 saturated heterocycles. The van der Waals surface area contributed by atoms with Crippen LogP contribution in [0.3, 0.4) is 0 Å². The summed E-state index contributed by atoms with van der Waals surface area (Å²) in [5.74, 6) is 0.239. The molecule has 1 fully saturated rings. The lowest BCUT2D eigenvalue weighted by molar-refractivity contribution is 0.0531. The SMILES string of the molecule is CCOC(=O)c1sc2nc(SCc3csc4ccc(Cl)cc34)n(C[C@H]3CCCO3)c(=O)c2c1C. The maximum Gasteiger partial charge on any atom is 0.348 e. The highest BCUT2D eigenvalue weighted by molar-refractivity contribution is 7.98. The Kier molecular flexibility index (Phi) is 7.00. The first-order chi connectivity index (χ1) is 16.5. The lowest BCUT2D eigenvalue weighted by Crippen LogP contribution is -2.28. The van der Waals surface area contributed by atoms with Gasteiger partial charge < -0.3 is 9.47 Å². The molecule has 1 atom stereocenters. The fourth-order valence-corrected chi connectivity index (χ4v) is 7.50. The van der Waals surface area contributed by atoms with Gasteiger partial charge in [0.05, 0.1) is 24.6 Å². The first-order valence-corrected chi connectivity index (χ1v) is 14.1. The number of thiophene rings is 2. The van der Waals surface area contributed by atoms with Crippen LogP contribution in [0.5, 0.6) is 0 Å². The Morgan fingerprint density at radius 3 is 3.03 bits per heavy atom. The Morgan fingerprint density at radius 2 is 2.26 bits per heavy atom. The zero-order chi connectivity index (χ0) is 23.8. The number of ether oxygens (including phenoxy) is 2. The number of aromatic nitrogens is 2. The van der Waals surface area contributed by atoms with Crippen molar-refractivity contribution in [1.82, 2.24) is 9.55 Å². The minimum atomic E-state index is -0.413. The Balaban J connectivity index is 1.56. The molecule has 1 aromatic carbocycles. The highest BCUT2D eigenvalue weighted by Gasteiger charge is 2.25. The number of rotatable bonds is 7. The van der Waals surface area contributed by atoms with Gasteiger partial charge in [-0.15, -0.1) is 22.7 Å². The predicted octanol–water partition coefficient (Wildman–Crippen LogP) is 6.28. The molecule has 1 aliphatic heterocycles. The number of hydrogen-bond donors (Lipinski definition) is 0. The fraction of sp³-hybridized carbons (Fsp3) is 0.375. The molecule has 3 aromatic heterocycles. The maximum atomic E-state index is 13.7. The molecular weight excluding hydrogens is 512 g/mol. The quantitative estimate of drug-likeness (QED) is 0.158. The van der Waals surface area contributed by atoms with E-state index in [0.717, 1.165) is 23.8 Å². The molecule has 0 amide bonds. The van der Waals surface area contributed by atoms with Crippen LogP contribution in [0.2, 0.25) is 5.02 Å². The van der Waals surface area contributed by atoms with Gasteiger partial charge in [0.2, 0.25) is 0 Å². The number of fused-ring (bicyclic) bond motifs is 2. The summed E-state index contributed by atoms with van der Waals surface area (Å²) in [4.78, 5) is 32.0. The van der Waals surface area contributed by atoms with Gasteiger partial charge >= 0.3 is 5.97 Å². The molecular formula is C24H23ClN2O4S3. The second kappa shape index (κ2) is 9.99. The van der Waals surface area contributed by atoms with Gasteiger partial charge in [-0.05, 0) is 66.8 Å². The first-order valence-electron chi connectivity index (χ1n) is 11.1. The Labute approximate surface area is 213 Å². The van der Waals surface area contributed by atoms with E-state index in [-0.39, 0.29) is 18.3 Å². The summed E-state index contributed by atoms with van der Waals surface area (Å²) in [6.07, 6.45) is 1.89. The summed E-state index contributed by atoms with van der Waals surface area (Å²) in [5.41, 5.74) is 1.65. The minimum Gasteiger partial charge on any atom is -0.462 e. The van der Waals surface area contributed by atoms with Crippen molar-refractivity contribution < 1.29 is 14.3 Å². The summed E-state index contributed by atoms with van der Waals surface area (Å²) in [7, 11) is 0. The van der Waals surface area contributed by atoms with Crippen molar-refractivity contribution in [3.05, 3.63) is 55.0 Å². The molecule has 0 saturated carbocycles. The molecule has 0 bridgehead atoms. The zero-order valence-electron chi connectivity index (χ0n) is 18.8. The van der Waals surface area contributed by atoms with E-state index in [9.17, 15) is 9.59 Å². The number of halogens is 1. The van der Waals surface area contributed by atoms with Crippen molar-refractivity contribution >= 4 is 72.3 Å². The van der Waals surface area contributed by atoms with Crippen LogP contribution in [-0.2, 0) is 21.8 Å². The van der Waals surface area contributed by atoms with Crippen LogP contribution in [0.25, 0.3) is 20.3 Å². The summed E-state index contributed by atoms with van der Waals surface area (Å²) in [6.45, 7) is 5.00. The van der Waals surface area contributed by atoms with Gasteiger partial charge in [0, 0.05) is 22.1 Å². The molecule has 1 aliphatic rings. The van der Waals surface area contributed by atoms with Crippen LogP contribution in [0.1, 0.15) is 40.6 Å². The molecule has 178 valence electrons. The first kappa shape index (κ1) is 23.8. The van der Waals surface area contributed by atoms with Crippen molar-refractivity contribution in [2.24, 2.45) is 0 Å². The van der Waals surface area contributed by atoms with Crippen molar-refractivity contribution in [3.8, 4) is 0 Å². The van der Waals surface area contributed by atoms with Gasteiger partial charge in [-0.3, -0.25) is 9.36 Å². The van der Waals surface area contributed by atoms with E-state index < -0.39 is 5.97 Å². The second-order valence-corrected chi connectivity index (χ2v) is 11.4. The van der Waals surface area contributed by atoms with E-state index >= 15 is 0 Å². The number of aryl methyl sites for hydroxylation is 1. The normalized spacial score (nSPS) is 16.0. The molecule has 5 rings (SSSR count). The number of carbonyl (C=O) groups is 1. The van der Waals surface area contributed by atoms with E-state index in [0.29, 0.717) is 49.7 Å². The fourth-order valence-electron chi connectivity index (χ4n) is 4.16. The molecule has 4 aromatic rings. The number of thioether (sulfide) groups is 1. The van der Waals surface area contributed by atoms with E-state index in [2.05, 4.69) is 5.38 Å². The van der Waals surface area contributed by atoms with Crippen molar-refractivity contribution in [3.63, 3.8) is 0 Å². The zero-order valence-corrected chi connectivity index (χ0v) is 22.0. The van der Waals surface area contributed by atoms with E-state index in [4.69, 9.17) is 26.1 Å². The van der Waals surface area contributed by atoms with Crippen LogP contribution < -0.4 is 5.56 Å². The van der Waals surface area contributed by atoms with Crippen LogP contribution in [-0.4, -0.2) is 34.8 Å². The third-order valence-corrected chi connectivity index (χ3v) is 9.30. The topological polar surface area (TPSA) is 70.4 Å². The highest BCUT2D eigenvalue weighted by atomic mass is 35.5. The molecule has 6 nitrogen and oxygen atoms in total. The molecule has 0 aliphatic carbocycles. The van der Waals surface area contributed by atoms with Crippen LogP contribution >= 0.6 is 46.0 Å². The summed E-state index contributed by atoms with van der Waals surface area (Å²) < 4.78 is 13.9. The molecule has 0 radical (unpaired) electrons. The van der Waals surface area contributed by atoms with Crippen molar-refractivity contribution in [2.45, 2.75) is 50.2 Å². The van der Waals surface area contributed by atoms with Gasteiger partial charge in [0.25, 0.3) is 5.56 Å². The van der Waals surface area contributed by atoms with Gasteiger partial charge in [-0.2, -0.15) is 0 Å². The van der Waals surface area contributed by atoms with Gasteiger partial charge in [-0.25, -0.2) is 9.78 Å². The summed E-state index contributed by atoms with van der Waals surface area (Å²) in [6, 6.07) is 5.90. The molecule has 4 heterocycles. The molecule has 0 spiro atoms. The standard InChI is InChI=1S/C24H23ClN2O4S3/c1-3-30-23(29)20-13(2)19-21(34-20)26-24(27(22(19)28)10-16-5-4-8-31-16)33-12-14-11-32-18-7-6-15(25)9-17(14)18/h6-7,9,11,16H,3-5,8,10,12H2,1-2H3/t16-/m1/s1. The average Bonchev–Trinajstić information content (AvgIpc) is 3.54. The van der Waals surface area contributed by atoms with Crippen molar-refractivity contribution in [1.29, 1.82) is 0 Å². The minimum absolute atomic E-state index is 0.0134. The molecule has 0 unspecified atom stereocenters. The number of nitrogens with zero attached hydrogens (tertiary/aromatic N) is 2. The van der Waals surface area contributed by atoms with E-state index in [1.807, 2.05) is 18.2 Å². The largest absolute Gasteiger partial charge is 0.462 e. The summed E-state index contributed by atoms with van der Waals surface area (Å²) >= 11 is 10.6. The van der Waals surface area contributed by atoms with Crippen LogP contribution in [0.15, 0.2) is 33.5 Å².